The predicted octanol–water partition coefficient (Wildman–Crippen LogP) is 3.94. The van der Waals surface area contributed by atoms with Crippen LogP contribution in [0.1, 0.15) is 18.4 Å². The lowest BCUT2D eigenvalue weighted by Gasteiger charge is -2.34. The summed E-state index contributed by atoms with van der Waals surface area (Å²) in [6, 6.07) is 9.19. The Morgan fingerprint density at radius 3 is 2.48 bits per heavy atom. The number of nitro groups is 1. The molecule has 1 fully saturated rings. The van der Waals surface area contributed by atoms with Crippen LogP contribution >= 0.6 is 0 Å². The lowest BCUT2D eigenvalue weighted by Crippen LogP contribution is -2.39. The van der Waals surface area contributed by atoms with Crippen molar-refractivity contribution in [3.05, 3.63) is 52.3 Å². The van der Waals surface area contributed by atoms with Gasteiger partial charge in [0, 0.05) is 36.7 Å². The van der Waals surface area contributed by atoms with Crippen molar-refractivity contribution in [2.24, 2.45) is 0 Å². The number of aryl methyl sites for hydroxylation is 1. The number of aromatic nitrogens is 2. The molecule has 1 aromatic heterocycles. The molecular weight excluding hydrogens is 398 g/mol. The number of rotatable bonds is 6. The molecule has 0 spiro atoms. The smallest absolute Gasteiger partial charge is 0.292 e. The van der Waals surface area contributed by atoms with Crippen molar-refractivity contribution in [3.63, 3.8) is 0 Å². The van der Waals surface area contributed by atoms with E-state index in [0.717, 1.165) is 48.2 Å². The highest BCUT2D eigenvalue weighted by Gasteiger charge is 2.24. The number of hydrogen-bond donors (Lipinski definition) is 1. The van der Waals surface area contributed by atoms with Gasteiger partial charge in [-0.1, -0.05) is 6.07 Å². The fraction of sp³-hybridized carbons (Fsp3) is 0.364. The lowest BCUT2D eigenvalue weighted by molar-refractivity contribution is -0.384. The minimum absolute atomic E-state index is 0.116. The number of nitrogens with zero attached hydrogens (tertiary/aromatic N) is 4. The summed E-state index contributed by atoms with van der Waals surface area (Å²) < 4.78 is 10.8. The molecule has 0 amide bonds. The van der Waals surface area contributed by atoms with Gasteiger partial charge in [-0.2, -0.15) is 0 Å². The summed E-state index contributed by atoms with van der Waals surface area (Å²) in [7, 11) is 3.20. The van der Waals surface area contributed by atoms with E-state index in [0.29, 0.717) is 17.2 Å². The molecule has 1 aliphatic heterocycles. The molecule has 162 valence electrons. The topological polar surface area (TPSA) is 103 Å². The third kappa shape index (κ3) is 4.16. The van der Waals surface area contributed by atoms with E-state index in [4.69, 9.17) is 9.47 Å². The maximum atomic E-state index is 11.4. The van der Waals surface area contributed by atoms with Gasteiger partial charge in [0.2, 0.25) is 0 Å². The first-order valence-corrected chi connectivity index (χ1v) is 10.1. The van der Waals surface area contributed by atoms with Crippen LogP contribution in [0.2, 0.25) is 0 Å². The van der Waals surface area contributed by atoms with Gasteiger partial charge in [-0.15, -0.1) is 0 Å². The van der Waals surface area contributed by atoms with E-state index >= 15 is 0 Å². The van der Waals surface area contributed by atoms with E-state index in [9.17, 15) is 10.1 Å². The van der Waals surface area contributed by atoms with Crippen molar-refractivity contribution in [2.45, 2.75) is 25.8 Å². The third-order valence-electron chi connectivity index (χ3n) is 5.62. The second-order valence-electron chi connectivity index (χ2n) is 7.60. The van der Waals surface area contributed by atoms with E-state index in [1.807, 2.05) is 25.1 Å². The zero-order chi connectivity index (χ0) is 22.0. The van der Waals surface area contributed by atoms with Crippen LogP contribution in [-0.2, 0) is 0 Å². The van der Waals surface area contributed by atoms with Crippen LogP contribution in [-0.4, -0.2) is 48.2 Å². The summed E-state index contributed by atoms with van der Waals surface area (Å²) >= 11 is 0. The fourth-order valence-electron chi connectivity index (χ4n) is 3.99. The molecule has 1 aliphatic rings. The second-order valence-corrected chi connectivity index (χ2v) is 7.60. The van der Waals surface area contributed by atoms with Crippen molar-refractivity contribution < 1.29 is 14.4 Å². The van der Waals surface area contributed by atoms with Gasteiger partial charge in [0.05, 0.1) is 24.7 Å². The third-order valence-corrected chi connectivity index (χ3v) is 5.62. The van der Waals surface area contributed by atoms with Gasteiger partial charge < -0.3 is 19.7 Å². The Hall–Kier alpha value is -3.62. The molecule has 0 radical (unpaired) electrons. The summed E-state index contributed by atoms with van der Waals surface area (Å²) in [5.41, 5.74) is 2.34. The molecule has 4 rings (SSSR count). The minimum atomic E-state index is -0.334. The van der Waals surface area contributed by atoms with Crippen LogP contribution in [0.3, 0.4) is 0 Å². The average molecular weight is 423 g/mol. The van der Waals surface area contributed by atoms with Gasteiger partial charge in [-0.3, -0.25) is 10.1 Å². The number of anilines is 2. The van der Waals surface area contributed by atoms with Gasteiger partial charge in [-0.05, 0) is 37.5 Å². The highest BCUT2D eigenvalue weighted by Crippen LogP contribution is 2.35. The molecule has 0 atom stereocenters. The Bertz CT molecular complexity index is 1110. The van der Waals surface area contributed by atoms with Gasteiger partial charge in [0.15, 0.2) is 11.5 Å². The van der Waals surface area contributed by atoms with Crippen LogP contribution in [0.5, 0.6) is 11.5 Å². The van der Waals surface area contributed by atoms with Gasteiger partial charge in [0.1, 0.15) is 17.8 Å². The van der Waals surface area contributed by atoms with Gasteiger partial charge in [0.25, 0.3) is 5.69 Å². The number of methoxy groups -OCH3 is 2. The van der Waals surface area contributed by atoms with E-state index in [-0.39, 0.29) is 16.7 Å². The number of nitrogens with one attached hydrogen (secondary N) is 1. The molecule has 0 bridgehead atoms. The molecule has 3 aromatic rings. The molecule has 9 nitrogen and oxygen atoms in total. The molecule has 1 saturated heterocycles. The first-order chi connectivity index (χ1) is 15.0. The molecule has 9 heteroatoms. The predicted molar refractivity (Wildman–Crippen MR) is 119 cm³/mol. The summed E-state index contributed by atoms with van der Waals surface area (Å²) in [6.45, 7) is 3.40. The second kappa shape index (κ2) is 8.63. The van der Waals surface area contributed by atoms with Gasteiger partial charge >= 0.3 is 0 Å². The molecule has 0 aliphatic carbocycles. The first-order valence-electron chi connectivity index (χ1n) is 10.1. The first kappa shape index (κ1) is 20.6. The van der Waals surface area contributed by atoms with E-state index in [1.165, 1.54) is 0 Å². The normalized spacial score (nSPS) is 14.5. The summed E-state index contributed by atoms with van der Waals surface area (Å²) in [6.07, 6.45) is 3.23. The Kier molecular flexibility index (Phi) is 5.75. The number of hydrogen-bond acceptors (Lipinski definition) is 8. The average Bonchev–Trinajstić information content (AvgIpc) is 2.79. The van der Waals surface area contributed by atoms with Crippen molar-refractivity contribution in [3.8, 4) is 11.5 Å². The maximum Gasteiger partial charge on any atom is 0.292 e. The van der Waals surface area contributed by atoms with E-state index in [2.05, 4.69) is 20.2 Å². The van der Waals surface area contributed by atoms with Crippen LogP contribution < -0.4 is 19.7 Å². The van der Waals surface area contributed by atoms with E-state index < -0.39 is 0 Å². The lowest BCUT2D eigenvalue weighted by atomic mass is 10.0. The highest BCUT2D eigenvalue weighted by molar-refractivity contribution is 5.92. The van der Waals surface area contributed by atoms with Crippen LogP contribution in [0.15, 0.2) is 36.7 Å². The van der Waals surface area contributed by atoms with Crippen molar-refractivity contribution >= 4 is 28.1 Å². The Labute approximate surface area is 180 Å². The van der Waals surface area contributed by atoms with Crippen LogP contribution in [0, 0.1) is 17.0 Å². The van der Waals surface area contributed by atoms with Gasteiger partial charge in [-0.25, -0.2) is 9.97 Å². The monoisotopic (exact) mass is 423 g/mol. The molecule has 0 unspecified atom stereocenters. The maximum absolute atomic E-state index is 11.4. The Morgan fingerprint density at radius 2 is 1.81 bits per heavy atom. The Balaban J connectivity index is 1.52. The quantitative estimate of drug-likeness (QED) is 0.470. The molecule has 0 saturated carbocycles. The van der Waals surface area contributed by atoms with Crippen LogP contribution in [0.25, 0.3) is 10.9 Å². The van der Waals surface area contributed by atoms with Crippen molar-refractivity contribution in [1.29, 1.82) is 0 Å². The van der Waals surface area contributed by atoms with Crippen LogP contribution in [0.4, 0.5) is 17.2 Å². The van der Waals surface area contributed by atoms with Crippen molar-refractivity contribution in [2.75, 3.05) is 37.5 Å². The highest BCUT2D eigenvalue weighted by atomic mass is 16.6. The van der Waals surface area contributed by atoms with Crippen molar-refractivity contribution in [1.82, 2.24) is 9.97 Å². The zero-order valence-corrected chi connectivity index (χ0v) is 17.8. The fourth-order valence-corrected chi connectivity index (χ4v) is 3.99. The number of benzene rings is 2. The molecule has 31 heavy (non-hydrogen) atoms. The standard InChI is InChI=1S/C22H25N5O4/c1-14-4-5-17(19(10-14)27(28)29)25-15-6-8-26(9-7-15)22-16-11-20(30-2)21(31-3)12-18(16)23-13-24-22/h4-5,10-13,15,25H,6-9H2,1-3H3. The molecule has 2 heterocycles. The van der Waals surface area contributed by atoms with E-state index in [1.54, 1.807) is 32.7 Å². The molecule has 2 aromatic carbocycles. The summed E-state index contributed by atoms with van der Waals surface area (Å²) in [5.74, 6) is 2.11. The largest absolute Gasteiger partial charge is 0.493 e. The summed E-state index contributed by atoms with van der Waals surface area (Å²) in [4.78, 5) is 22.2. The SMILES string of the molecule is COc1cc2ncnc(N3CCC(Nc4ccc(C)cc4[N+](=O)[O-])CC3)c2cc1OC. The Morgan fingerprint density at radius 1 is 1.10 bits per heavy atom. The molecular formula is C22H25N5O4. The minimum Gasteiger partial charge on any atom is -0.493 e. The number of nitro benzene ring substituents is 1. The molecule has 1 N–H and O–H groups in total. The number of ether oxygens (including phenoxy) is 2. The summed E-state index contributed by atoms with van der Waals surface area (Å²) in [5, 5.41) is 15.7. The number of fused-ring (bicyclic) bond motifs is 1. The number of piperidine rings is 1. The zero-order valence-electron chi connectivity index (χ0n) is 17.8.